The number of nitrogens with one attached hydrogen (secondary N) is 1. The SMILES string of the molecule is C=CCN1C(=O)C2Cc3c([nH]c4ccccc34)C(c3cccc(Cl)c3)N2C1=S. The molecule has 2 aliphatic heterocycles. The van der Waals surface area contributed by atoms with E-state index in [1.807, 2.05) is 36.4 Å². The lowest BCUT2D eigenvalue weighted by molar-refractivity contribution is -0.128. The van der Waals surface area contributed by atoms with Crippen LogP contribution in [-0.4, -0.2) is 38.4 Å². The summed E-state index contributed by atoms with van der Waals surface area (Å²) >= 11 is 12.0. The van der Waals surface area contributed by atoms with Crippen molar-refractivity contribution in [3.63, 3.8) is 0 Å². The zero-order chi connectivity index (χ0) is 19.4. The Kier molecular flexibility index (Phi) is 4.03. The van der Waals surface area contributed by atoms with Crippen molar-refractivity contribution in [2.45, 2.75) is 18.5 Å². The van der Waals surface area contributed by atoms with Crippen LogP contribution in [0.4, 0.5) is 0 Å². The number of halogens is 1. The van der Waals surface area contributed by atoms with Gasteiger partial charge in [0.05, 0.1) is 6.04 Å². The fourth-order valence-corrected chi connectivity index (χ4v) is 5.05. The van der Waals surface area contributed by atoms with E-state index < -0.39 is 0 Å². The highest BCUT2D eigenvalue weighted by Gasteiger charge is 2.50. The molecule has 2 atom stereocenters. The van der Waals surface area contributed by atoms with Gasteiger partial charge < -0.3 is 9.88 Å². The molecule has 2 unspecified atom stereocenters. The summed E-state index contributed by atoms with van der Waals surface area (Å²) in [6.07, 6.45) is 2.34. The van der Waals surface area contributed by atoms with E-state index in [2.05, 4.69) is 28.6 Å². The molecule has 4 nitrogen and oxygen atoms in total. The van der Waals surface area contributed by atoms with Gasteiger partial charge in [0.25, 0.3) is 5.91 Å². The Morgan fingerprint density at radius 1 is 1.25 bits per heavy atom. The topological polar surface area (TPSA) is 39.3 Å². The second-order valence-corrected chi connectivity index (χ2v) is 7.97. The van der Waals surface area contributed by atoms with E-state index >= 15 is 0 Å². The van der Waals surface area contributed by atoms with E-state index in [4.69, 9.17) is 23.8 Å². The molecule has 28 heavy (non-hydrogen) atoms. The van der Waals surface area contributed by atoms with Gasteiger partial charge in [-0.1, -0.05) is 48.0 Å². The molecule has 5 rings (SSSR count). The van der Waals surface area contributed by atoms with Gasteiger partial charge in [-0.05, 0) is 41.5 Å². The lowest BCUT2D eigenvalue weighted by Crippen LogP contribution is -2.44. The summed E-state index contributed by atoms with van der Waals surface area (Å²) in [5.41, 5.74) is 4.34. The molecule has 0 spiro atoms. The minimum atomic E-state index is -0.317. The minimum Gasteiger partial charge on any atom is -0.356 e. The summed E-state index contributed by atoms with van der Waals surface area (Å²) in [7, 11) is 0. The number of benzene rings is 2. The molecule has 2 aliphatic rings. The molecule has 0 aliphatic carbocycles. The summed E-state index contributed by atoms with van der Waals surface area (Å²) < 4.78 is 0. The van der Waals surface area contributed by atoms with Crippen molar-refractivity contribution in [2.75, 3.05) is 6.54 Å². The fourth-order valence-electron chi connectivity index (χ4n) is 4.45. The number of hydrogen-bond acceptors (Lipinski definition) is 2. The third kappa shape index (κ3) is 2.43. The number of aromatic nitrogens is 1. The van der Waals surface area contributed by atoms with Gasteiger partial charge in [-0.15, -0.1) is 6.58 Å². The lowest BCUT2D eigenvalue weighted by Gasteiger charge is -2.37. The van der Waals surface area contributed by atoms with Crippen molar-refractivity contribution in [3.05, 3.63) is 83.0 Å². The predicted octanol–water partition coefficient (Wildman–Crippen LogP) is 4.45. The van der Waals surface area contributed by atoms with Crippen LogP contribution in [0.3, 0.4) is 0 Å². The highest BCUT2D eigenvalue weighted by molar-refractivity contribution is 7.80. The number of para-hydroxylation sites is 1. The quantitative estimate of drug-likeness (QED) is 0.515. The van der Waals surface area contributed by atoms with E-state index in [1.54, 1.807) is 11.0 Å². The number of aromatic amines is 1. The third-order valence-electron chi connectivity index (χ3n) is 5.61. The summed E-state index contributed by atoms with van der Waals surface area (Å²) in [6.45, 7) is 4.19. The van der Waals surface area contributed by atoms with E-state index in [1.165, 1.54) is 5.56 Å². The molecule has 1 aromatic heterocycles. The summed E-state index contributed by atoms with van der Waals surface area (Å²) in [6, 6.07) is 15.5. The van der Waals surface area contributed by atoms with Crippen LogP contribution in [0.15, 0.2) is 61.2 Å². The van der Waals surface area contributed by atoms with Crippen LogP contribution in [0.25, 0.3) is 10.9 Å². The molecule has 1 fully saturated rings. The number of amides is 1. The van der Waals surface area contributed by atoms with E-state index in [9.17, 15) is 4.79 Å². The van der Waals surface area contributed by atoms with Crippen LogP contribution in [-0.2, 0) is 11.2 Å². The molecule has 140 valence electrons. The monoisotopic (exact) mass is 407 g/mol. The predicted molar refractivity (Wildman–Crippen MR) is 115 cm³/mol. The van der Waals surface area contributed by atoms with Gasteiger partial charge in [0.1, 0.15) is 6.04 Å². The third-order valence-corrected chi connectivity index (χ3v) is 6.28. The zero-order valence-electron chi connectivity index (χ0n) is 15.1. The molecule has 0 bridgehead atoms. The number of carbonyl (C=O) groups is 1. The van der Waals surface area contributed by atoms with Crippen molar-refractivity contribution in [3.8, 4) is 0 Å². The maximum absolute atomic E-state index is 13.2. The standard InChI is InChI=1S/C22H18ClN3OS/c1-2-10-25-21(27)18-12-16-15-8-3-4-9-17(15)24-19(16)20(26(18)22(25)28)13-6-5-7-14(23)11-13/h2-9,11,18,20,24H,1,10,12H2. The van der Waals surface area contributed by atoms with Gasteiger partial charge in [0.2, 0.25) is 0 Å². The molecule has 1 saturated heterocycles. The Morgan fingerprint density at radius 2 is 2.07 bits per heavy atom. The average Bonchev–Trinajstić information content (AvgIpc) is 3.18. The Bertz CT molecular complexity index is 1140. The molecule has 0 radical (unpaired) electrons. The number of fused-ring (bicyclic) bond motifs is 4. The molecular formula is C22H18ClN3OS. The van der Waals surface area contributed by atoms with Crippen LogP contribution in [0.5, 0.6) is 0 Å². The number of hydrogen-bond donors (Lipinski definition) is 1. The Hall–Kier alpha value is -2.63. The van der Waals surface area contributed by atoms with Crippen LogP contribution in [0.1, 0.15) is 22.9 Å². The number of thiocarbonyl (C=S) groups is 1. The van der Waals surface area contributed by atoms with Crippen molar-refractivity contribution in [2.24, 2.45) is 0 Å². The Morgan fingerprint density at radius 3 is 2.86 bits per heavy atom. The van der Waals surface area contributed by atoms with Crippen LogP contribution < -0.4 is 0 Å². The Balaban J connectivity index is 1.74. The summed E-state index contributed by atoms with van der Waals surface area (Å²) in [4.78, 5) is 20.5. The minimum absolute atomic E-state index is 0.0351. The molecule has 1 N–H and O–H groups in total. The van der Waals surface area contributed by atoms with Gasteiger partial charge in [-0.3, -0.25) is 9.69 Å². The molecule has 6 heteroatoms. The van der Waals surface area contributed by atoms with E-state index in [0.717, 1.165) is 22.2 Å². The zero-order valence-corrected chi connectivity index (χ0v) is 16.6. The Labute approximate surface area is 173 Å². The van der Waals surface area contributed by atoms with E-state index in [-0.39, 0.29) is 18.0 Å². The second kappa shape index (κ2) is 6.47. The lowest BCUT2D eigenvalue weighted by atomic mass is 9.89. The van der Waals surface area contributed by atoms with Crippen molar-refractivity contribution < 1.29 is 4.79 Å². The van der Waals surface area contributed by atoms with Crippen molar-refractivity contribution in [1.29, 1.82) is 0 Å². The van der Waals surface area contributed by atoms with Gasteiger partial charge >= 0.3 is 0 Å². The number of nitrogens with zero attached hydrogens (tertiary/aromatic N) is 2. The molecule has 2 aromatic carbocycles. The first-order valence-corrected chi connectivity index (χ1v) is 9.98. The van der Waals surface area contributed by atoms with Crippen molar-refractivity contribution in [1.82, 2.24) is 14.8 Å². The summed E-state index contributed by atoms with van der Waals surface area (Å²) in [5, 5.41) is 2.37. The van der Waals surface area contributed by atoms with Gasteiger partial charge in [-0.2, -0.15) is 0 Å². The highest BCUT2D eigenvalue weighted by Crippen LogP contribution is 2.44. The molecular weight excluding hydrogens is 390 g/mol. The normalized spacial score (nSPS) is 21.2. The van der Waals surface area contributed by atoms with E-state index in [0.29, 0.717) is 23.1 Å². The van der Waals surface area contributed by atoms with Crippen LogP contribution >= 0.6 is 23.8 Å². The maximum atomic E-state index is 13.2. The largest absolute Gasteiger partial charge is 0.356 e. The summed E-state index contributed by atoms with van der Waals surface area (Å²) in [5.74, 6) is 0.0351. The highest BCUT2D eigenvalue weighted by atomic mass is 35.5. The maximum Gasteiger partial charge on any atom is 0.252 e. The average molecular weight is 408 g/mol. The first-order valence-electron chi connectivity index (χ1n) is 9.19. The van der Waals surface area contributed by atoms with Gasteiger partial charge in [0, 0.05) is 34.6 Å². The second-order valence-electron chi connectivity index (χ2n) is 7.17. The van der Waals surface area contributed by atoms with Crippen LogP contribution in [0, 0.1) is 0 Å². The smallest absolute Gasteiger partial charge is 0.252 e. The van der Waals surface area contributed by atoms with Gasteiger partial charge in [-0.25, -0.2) is 0 Å². The number of H-pyrrole nitrogens is 1. The molecule has 3 aromatic rings. The molecule has 1 amide bonds. The molecule has 0 saturated carbocycles. The number of rotatable bonds is 3. The number of carbonyl (C=O) groups excluding carboxylic acids is 1. The van der Waals surface area contributed by atoms with Crippen LogP contribution in [0.2, 0.25) is 5.02 Å². The van der Waals surface area contributed by atoms with Gasteiger partial charge in [0.15, 0.2) is 5.11 Å². The first-order chi connectivity index (χ1) is 13.6. The molecule has 3 heterocycles. The first kappa shape index (κ1) is 17.5. The van der Waals surface area contributed by atoms with Crippen molar-refractivity contribution >= 4 is 45.7 Å². The fraction of sp³-hybridized carbons (Fsp3) is 0.182.